The summed E-state index contributed by atoms with van der Waals surface area (Å²) >= 11 is 6.16. The van der Waals surface area contributed by atoms with Gasteiger partial charge in [-0.15, -0.1) is 0 Å². The number of rotatable bonds is 1. The molecular formula is C13H13ClN4O. The van der Waals surface area contributed by atoms with Crippen molar-refractivity contribution in [2.45, 2.75) is 19.9 Å². The molecule has 0 aliphatic carbocycles. The highest BCUT2D eigenvalue weighted by Crippen LogP contribution is 2.26. The van der Waals surface area contributed by atoms with Gasteiger partial charge in [-0.1, -0.05) is 23.7 Å². The summed E-state index contributed by atoms with van der Waals surface area (Å²) in [4.78, 5) is 14.1. The molecule has 1 aromatic carbocycles. The fourth-order valence-corrected chi connectivity index (χ4v) is 2.66. The SMILES string of the molecule is Cc1n[nH]nc1C(=O)N1CCc2c(Cl)cccc2C1. The monoisotopic (exact) mass is 276 g/mol. The lowest BCUT2D eigenvalue weighted by Crippen LogP contribution is -2.36. The average Bonchev–Trinajstić information content (AvgIpc) is 2.84. The summed E-state index contributed by atoms with van der Waals surface area (Å²) in [6, 6.07) is 5.81. The number of fused-ring (bicyclic) bond motifs is 1. The summed E-state index contributed by atoms with van der Waals surface area (Å²) in [5, 5.41) is 11.1. The second-order valence-electron chi connectivity index (χ2n) is 4.61. The Balaban J connectivity index is 1.87. The second kappa shape index (κ2) is 4.66. The van der Waals surface area contributed by atoms with E-state index in [1.54, 1.807) is 11.8 Å². The molecule has 6 heteroatoms. The van der Waals surface area contributed by atoms with E-state index in [1.165, 1.54) is 0 Å². The molecule has 0 spiro atoms. The average molecular weight is 277 g/mol. The van der Waals surface area contributed by atoms with Crippen molar-refractivity contribution in [3.05, 3.63) is 45.7 Å². The van der Waals surface area contributed by atoms with Gasteiger partial charge in [0.1, 0.15) is 0 Å². The lowest BCUT2D eigenvalue weighted by molar-refractivity contribution is 0.0728. The molecule has 19 heavy (non-hydrogen) atoms. The number of nitrogens with one attached hydrogen (secondary N) is 1. The Labute approximate surface area is 115 Å². The first-order chi connectivity index (χ1) is 9.16. The number of aromatic nitrogens is 3. The number of hydrogen-bond donors (Lipinski definition) is 1. The highest BCUT2D eigenvalue weighted by atomic mass is 35.5. The van der Waals surface area contributed by atoms with Gasteiger partial charge in [0.25, 0.3) is 5.91 Å². The van der Waals surface area contributed by atoms with Crippen LogP contribution >= 0.6 is 11.6 Å². The molecule has 3 rings (SSSR count). The summed E-state index contributed by atoms with van der Waals surface area (Å²) in [5.74, 6) is -0.0862. The van der Waals surface area contributed by atoms with Crippen LogP contribution in [0, 0.1) is 6.92 Å². The Hall–Kier alpha value is -1.88. The number of carbonyl (C=O) groups excluding carboxylic acids is 1. The van der Waals surface area contributed by atoms with Crippen LogP contribution in [0.15, 0.2) is 18.2 Å². The Morgan fingerprint density at radius 3 is 3.00 bits per heavy atom. The van der Waals surface area contributed by atoms with Crippen LogP contribution in [0.4, 0.5) is 0 Å². The van der Waals surface area contributed by atoms with E-state index in [9.17, 15) is 4.79 Å². The third-order valence-electron chi connectivity index (χ3n) is 3.42. The van der Waals surface area contributed by atoms with Crippen LogP contribution in [0.1, 0.15) is 27.3 Å². The topological polar surface area (TPSA) is 61.9 Å². The highest BCUT2D eigenvalue weighted by molar-refractivity contribution is 6.31. The zero-order valence-corrected chi connectivity index (χ0v) is 11.2. The highest BCUT2D eigenvalue weighted by Gasteiger charge is 2.25. The van der Waals surface area contributed by atoms with E-state index in [2.05, 4.69) is 15.4 Å². The molecule has 98 valence electrons. The number of benzene rings is 1. The number of amides is 1. The number of carbonyl (C=O) groups is 1. The first-order valence-electron chi connectivity index (χ1n) is 6.09. The second-order valence-corrected chi connectivity index (χ2v) is 5.02. The predicted molar refractivity (Wildman–Crippen MR) is 71.0 cm³/mol. The van der Waals surface area contributed by atoms with Crippen molar-refractivity contribution in [2.24, 2.45) is 0 Å². The number of nitrogens with zero attached hydrogens (tertiary/aromatic N) is 3. The van der Waals surface area contributed by atoms with E-state index < -0.39 is 0 Å². The number of aromatic amines is 1. The maximum Gasteiger partial charge on any atom is 0.276 e. The zero-order valence-electron chi connectivity index (χ0n) is 10.5. The number of halogens is 1. The molecule has 0 radical (unpaired) electrons. The largest absolute Gasteiger partial charge is 0.333 e. The van der Waals surface area contributed by atoms with E-state index in [0.717, 1.165) is 22.6 Å². The van der Waals surface area contributed by atoms with Gasteiger partial charge >= 0.3 is 0 Å². The molecular weight excluding hydrogens is 264 g/mol. The van der Waals surface area contributed by atoms with Crippen molar-refractivity contribution in [1.82, 2.24) is 20.3 Å². The Morgan fingerprint density at radius 1 is 1.42 bits per heavy atom. The quantitative estimate of drug-likeness (QED) is 0.866. The molecule has 0 saturated heterocycles. The Kier molecular flexibility index (Phi) is 2.98. The van der Waals surface area contributed by atoms with Crippen LogP contribution in [0.5, 0.6) is 0 Å². The smallest absolute Gasteiger partial charge is 0.276 e. The molecule has 0 bridgehead atoms. The van der Waals surface area contributed by atoms with Gasteiger partial charge in [0.15, 0.2) is 5.69 Å². The third kappa shape index (κ3) is 2.10. The van der Waals surface area contributed by atoms with Crippen LogP contribution in [0.25, 0.3) is 0 Å². The van der Waals surface area contributed by atoms with Crippen molar-refractivity contribution < 1.29 is 4.79 Å². The molecule has 5 nitrogen and oxygen atoms in total. The molecule has 2 aromatic rings. The molecule has 0 fully saturated rings. The standard InChI is InChI=1S/C13H13ClN4O/c1-8-12(16-17-15-8)13(19)18-6-5-10-9(7-18)3-2-4-11(10)14/h2-4H,5-7H2,1H3,(H,15,16,17). The minimum atomic E-state index is -0.0862. The van der Waals surface area contributed by atoms with Gasteiger partial charge in [0, 0.05) is 18.1 Å². The van der Waals surface area contributed by atoms with Gasteiger partial charge in [-0.2, -0.15) is 15.4 Å². The Morgan fingerprint density at radius 2 is 2.26 bits per heavy atom. The number of hydrogen-bond acceptors (Lipinski definition) is 3. The van der Waals surface area contributed by atoms with Gasteiger partial charge in [-0.25, -0.2) is 0 Å². The van der Waals surface area contributed by atoms with E-state index in [0.29, 0.717) is 24.5 Å². The predicted octanol–water partition coefficient (Wildman–Crippen LogP) is 1.97. The van der Waals surface area contributed by atoms with Gasteiger partial charge in [-0.3, -0.25) is 4.79 Å². The molecule has 1 aliphatic rings. The van der Waals surface area contributed by atoms with E-state index in [1.807, 2.05) is 18.2 Å². The third-order valence-corrected chi connectivity index (χ3v) is 3.77. The van der Waals surface area contributed by atoms with Crippen LogP contribution in [-0.2, 0) is 13.0 Å². The Bertz CT molecular complexity index is 637. The van der Waals surface area contributed by atoms with Crippen LogP contribution in [0.3, 0.4) is 0 Å². The summed E-state index contributed by atoms with van der Waals surface area (Å²) in [6.07, 6.45) is 0.775. The molecule has 0 atom stereocenters. The molecule has 0 saturated carbocycles. The van der Waals surface area contributed by atoms with Gasteiger partial charge in [-0.05, 0) is 30.5 Å². The molecule has 2 heterocycles. The molecule has 1 amide bonds. The minimum Gasteiger partial charge on any atom is -0.333 e. The fraction of sp³-hybridized carbons (Fsp3) is 0.308. The molecule has 1 aromatic heterocycles. The normalized spacial score (nSPS) is 14.3. The van der Waals surface area contributed by atoms with Crippen molar-refractivity contribution in [3.8, 4) is 0 Å². The zero-order chi connectivity index (χ0) is 13.4. The van der Waals surface area contributed by atoms with E-state index >= 15 is 0 Å². The van der Waals surface area contributed by atoms with E-state index in [-0.39, 0.29) is 5.91 Å². The van der Waals surface area contributed by atoms with Crippen LogP contribution < -0.4 is 0 Å². The van der Waals surface area contributed by atoms with Crippen molar-refractivity contribution in [2.75, 3.05) is 6.54 Å². The summed E-state index contributed by atoms with van der Waals surface area (Å²) in [7, 11) is 0. The maximum absolute atomic E-state index is 12.3. The number of aryl methyl sites for hydroxylation is 1. The molecule has 0 unspecified atom stereocenters. The lowest BCUT2D eigenvalue weighted by atomic mass is 9.99. The van der Waals surface area contributed by atoms with E-state index in [4.69, 9.17) is 11.6 Å². The van der Waals surface area contributed by atoms with Crippen LogP contribution in [-0.4, -0.2) is 32.8 Å². The summed E-state index contributed by atoms with van der Waals surface area (Å²) in [5.41, 5.74) is 3.27. The summed E-state index contributed by atoms with van der Waals surface area (Å²) in [6.45, 7) is 2.99. The first kappa shape index (κ1) is 12.2. The van der Waals surface area contributed by atoms with Crippen molar-refractivity contribution >= 4 is 17.5 Å². The van der Waals surface area contributed by atoms with Gasteiger partial charge in [0.2, 0.25) is 0 Å². The lowest BCUT2D eigenvalue weighted by Gasteiger charge is -2.28. The van der Waals surface area contributed by atoms with Gasteiger partial charge < -0.3 is 4.90 Å². The van der Waals surface area contributed by atoms with Crippen molar-refractivity contribution in [3.63, 3.8) is 0 Å². The van der Waals surface area contributed by atoms with Crippen LogP contribution in [0.2, 0.25) is 5.02 Å². The van der Waals surface area contributed by atoms with Gasteiger partial charge in [0.05, 0.1) is 5.69 Å². The molecule has 1 aliphatic heterocycles. The van der Waals surface area contributed by atoms with Crippen molar-refractivity contribution in [1.29, 1.82) is 0 Å². The first-order valence-corrected chi connectivity index (χ1v) is 6.47. The number of H-pyrrole nitrogens is 1. The molecule has 1 N–H and O–H groups in total. The minimum absolute atomic E-state index is 0.0862. The maximum atomic E-state index is 12.3. The summed E-state index contributed by atoms with van der Waals surface area (Å²) < 4.78 is 0. The fourth-order valence-electron chi connectivity index (χ4n) is 2.37.